The maximum absolute atomic E-state index is 12.9. The van der Waals surface area contributed by atoms with Crippen molar-refractivity contribution in [3.8, 4) is 0 Å². The van der Waals surface area contributed by atoms with Crippen LogP contribution in [0.4, 0.5) is 4.39 Å². The van der Waals surface area contributed by atoms with E-state index in [1.807, 2.05) is 0 Å². The summed E-state index contributed by atoms with van der Waals surface area (Å²) in [4.78, 5) is 17.0. The van der Waals surface area contributed by atoms with Crippen LogP contribution in [0.2, 0.25) is 0 Å². The van der Waals surface area contributed by atoms with E-state index in [1.54, 1.807) is 12.1 Å². The normalized spacial score (nSPS) is 24.4. The Morgan fingerprint density at radius 1 is 1.15 bits per heavy atom. The number of Topliss-reactive ketones (excluding diaryl/α,β-unsaturated/α-hetero) is 1. The fourth-order valence-electron chi connectivity index (χ4n) is 3.29. The van der Waals surface area contributed by atoms with Crippen molar-refractivity contribution < 1.29 is 9.18 Å². The van der Waals surface area contributed by atoms with Gasteiger partial charge in [-0.25, -0.2) is 4.39 Å². The number of carbonyl (C=O) groups excluding carboxylic acids is 1. The maximum Gasteiger partial charge on any atom is 0.176 e. The van der Waals surface area contributed by atoms with Crippen molar-refractivity contribution in [1.82, 2.24) is 9.80 Å². The van der Waals surface area contributed by atoms with Crippen molar-refractivity contribution in [2.24, 2.45) is 0 Å². The topological polar surface area (TPSA) is 23.6 Å². The van der Waals surface area contributed by atoms with Gasteiger partial charge in [0.25, 0.3) is 0 Å². The van der Waals surface area contributed by atoms with Gasteiger partial charge in [0.05, 0.1) is 6.54 Å². The fourth-order valence-corrected chi connectivity index (χ4v) is 3.29. The van der Waals surface area contributed by atoms with Crippen molar-refractivity contribution in [3.05, 3.63) is 35.6 Å². The van der Waals surface area contributed by atoms with Crippen molar-refractivity contribution >= 4 is 5.78 Å². The zero-order valence-corrected chi connectivity index (χ0v) is 11.7. The Morgan fingerprint density at radius 3 is 2.75 bits per heavy atom. The molecule has 2 saturated heterocycles. The molecular formula is C16H21FN2O. The van der Waals surface area contributed by atoms with Crippen LogP contribution in [0.3, 0.4) is 0 Å². The summed E-state index contributed by atoms with van der Waals surface area (Å²) in [6, 6.07) is 6.49. The smallest absolute Gasteiger partial charge is 0.176 e. The molecule has 2 heterocycles. The first-order valence-electron chi connectivity index (χ1n) is 7.47. The second-order valence-electron chi connectivity index (χ2n) is 5.85. The number of halogens is 1. The van der Waals surface area contributed by atoms with Gasteiger partial charge in [-0.05, 0) is 43.7 Å². The van der Waals surface area contributed by atoms with Crippen molar-refractivity contribution in [2.45, 2.75) is 25.3 Å². The molecule has 0 bridgehead atoms. The number of carbonyl (C=O) groups is 1. The Balaban J connectivity index is 1.58. The van der Waals surface area contributed by atoms with E-state index in [1.165, 1.54) is 37.9 Å². The van der Waals surface area contributed by atoms with E-state index in [4.69, 9.17) is 0 Å². The van der Waals surface area contributed by atoms with E-state index >= 15 is 0 Å². The SMILES string of the molecule is O=C(CN1CCN2CCCCC2C1)c1ccc(F)cc1. The largest absolute Gasteiger partial charge is 0.298 e. The average molecular weight is 276 g/mol. The number of nitrogens with zero attached hydrogens (tertiary/aromatic N) is 2. The molecule has 2 aliphatic rings. The second-order valence-corrected chi connectivity index (χ2v) is 5.85. The Labute approximate surface area is 119 Å². The summed E-state index contributed by atoms with van der Waals surface area (Å²) in [5.41, 5.74) is 0.609. The van der Waals surface area contributed by atoms with Gasteiger partial charge in [0.15, 0.2) is 5.78 Å². The van der Waals surface area contributed by atoms with Gasteiger partial charge in [-0.1, -0.05) is 6.42 Å². The minimum Gasteiger partial charge on any atom is -0.298 e. The van der Waals surface area contributed by atoms with Gasteiger partial charge >= 0.3 is 0 Å². The van der Waals surface area contributed by atoms with Crippen LogP contribution in [0.15, 0.2) is 24.3 Å². The van der Waals surface area contributed by atoms with E-state index in [-0.39, 0.29) is 11.6 Å². The summed E-state index contributed by atoms with van der Waals surface area (Å²) in [5, 5.41) is 0. The van der Waals surface area contributed by atoms with Crippen molar-refractivity contribution in [2.75, 3.05) is 32.7 Å². The quantitative estimate of drug-likeness (QED) is 0.791. The minimum absolute atomic E-state index is 0.0919. The van der Waals surface area contributed by atoms with Gasteiger partial charge in [0.1, 0.15) is 5.82 Å². The third-order valence-corrected chi connectivity index (χ3v) is 4.45. The molecule has 2 aliphatic heterocycles. The van der Waals surface area contributed by atoms with Crippen LogP contribution in [0, 0.1) is 5.82 Å². The van der Waals surface area contributed by atoms with Gasteiger partial charge in [-0.15, -0.1) is 0 Å². The van der Waals surface area contributed by atoms with E-state index in [0.717, 1.165) is 19.6 Å². The lowest BCUT2D eigenvalue weighted by Crippen LogP contribution is -2.55. The molecule has 1 unspecified atom stereocenters. The van der Waals surface area contributed by atoms with E-state index < -0.39 is 0 Å². The number of hydrogen-bond acceptors (Lipinski definition) is 3. The number of piperidine rings is 1. The molecule has 4 heteroatoms. The van der Waals surface area contributed by atoms with Gasteiger partial charge < -0.3 is 0 Å². The highest BCUT2D eigenvalue weighted by atomic mass is 19.1. The van der Waals surface area contributed by atoms with Gasteiger partial charge in [0.2, 0.25) is 0 Å². The first kappa shape index (κ1) is 13.7. The van der Waals surface area contributed by atoms with Crippen LogP contribution in [0.1, 0.15) is 29.6 Å². The lowest BCUT2D eigenvalue weighted by molar-refractivity contribution is 0.0469. The predicted molar refractivity (Wildman–Crippen MR) is 76.4 cm³/mol. The highest BCUT2D eigenvalue weighted by Gasteiger charge is 2.29. The highest BCUT2D eigenvalue weighted by molar-refractivity contribution is 5.97. The highest BCUT2D eigenvalue weighted by Crippen LogP contribution is 2.21. The molecule has 3 rings (SSSR count). The number of fused-ring (bicyclic) bond motifs is 1. The lowest BCUT2D eigenvalue weighted by Gasteiger charge is -2.43. The van der Waals surface area contributed by atoms with Crippen LogP contribution in [0.5, 0.6) is 0 Å². The molecule has 0 amide bonds. The second kappa shape index (κ2) is 6.02. The molecule has 108 valence electrons. The predicted octanol–water partition coefficient (Wildman–Crippen LogP) is 2.18. The summed E-state index contributed by atoms with van der Waals surface area (Å²) in [6.45, 7) is 4.69. The molecule has 2 fully saturated rings. The zero-order chi connectivity index (χ0) is 13.9. The number of rotatable bonds is 3. The Morgan fingerprint density at radius 2 is 1.95 bits per heavy atom. The fraction of sp³-hybridized carbons (Fsp3) is 0.562. The molecule has 0 N–H and O–H groups in total. The minimum atomic E-state index is -0.294. The molecular weight excluding hydrogens is 255 g/mol. The molecule has 3 nitrogen and oxygen atoms in total. The molecule has 0 aliphatic carbocycles. The first-order valence-corrected chi connectivity index (χ1v) is 7.47. The molecule has 0 radical (unpaired) electrons. The summed E-state index contributed by atoms with van der Waals surface area (Å²) in [7, 11) is 0. The van der Waals surface area contributed by atoms with Crippen LogP contribution in [-0.2, 0) is 0 Å². The van der Waals surface area contributed by atoms with E-state index in [2.05, 4.69) is 9.80 Å². The van der Waals surface area contributed by atoms with Crippen LogP contribution in [-0.4, -0.2) is 54.3 Å². The zero-order valence-electron chi connectivity index (χ0n) is 11.7. The molecule has 1 aromatic carbocycles. The van der Waals surface area contributed by atoms with Gasteiger partial charge in [-0.3, -0.25) is 14.6 Å². The molecule has 1 aromatic rings. The van der Waals surface area contributed by atoms with Crippen LogP contribution < -0.4 is 0 Å². The lowest BCUT2D eigenvalue weighted by atomic mass is 9.99. The number of benzene rings is 1. The first-order chi connectivity index (χ1) is 9.72. The summed E-state index contributed by atoms with van der Waals surface area (Å²) >= 11 is 0. The van der Waals surface area contributed by atoms with Crippen molar-refractivity contribution in [1.29, 1.82) is 0 Å². The Hall–Kier alpha value is -1.26. The molecule has 1 atom stereocenters. The summed E-state index contributed by atoms with van der Waals surface area (Å²) < 4.78 is 12.9. The number of ketones is 1. The monoisotopic (exact) mass is 276 g/mol. The van der Waals surface area contributed by atoms with Gasteiger partial charge in [-0.2, -0.15) is 0 Å². The average Bonchev–Trinajstić information content (AvgIpc) is 2.48. The number of hydrogen-bond donors (Lipinski definition) is 0. The van der Waals surface area contributed by atoms with E-state index in [9.17, 15) is 9.18 Å². The molecule has 20 heavy (non-hydrogen) atoms. The Kier molecular flexibility index (Phi) is 4.13. The molecule has 0 spiro atoms. The number of piperazine rings is 1. The summed E-state index contributed by atoms with van der Waals surface area (Å²) in [5.74, 6) is -0.202. The maximum atomic E-state index is 12.9. The molecule has 0 aromatic heterocycles. The third-order valence-electron chi connectivity index (χ3n) is 4.45. The van der Waals surface area contributed by atoms with E-state index in [0.29, 0.717) is 18.2 Å². The van der Waals surface area contributed by atoms with Gasteiger partial charge in [0, 0.05) is 31.2 Å². The third kappa shape index (κ3) is 3.07. The Bertz CT molecular complexity index is 474. The standard InChI is InChI=1S/C16H21FN2O/c17-14-6-4-13(5-7-14)16(20)12-18-9-10-19-8-2-1-3-15(19)11-18/h4-7,15H,1-3,8-12H2. The van der Waals surface area contributed by atoms with Crippen molar-refractivity contribution in [3.63, 3.8) is 0 Å². The summed E-state index contributed by atoms with van der Waals surface area (Å²) in [6.07, 6.45) is 3.87. The molecule has 0 saturated carbocycles. The van der Waals surface area contributed by atoms with Crippen LogP contribution >= 0.6 is 0 Å². The van der Waals surface area contributed by atoms with Crippen LogP contribution in [0.25, 0.3) is 0 Å².